The standard InChI is InChI=1S/C22H21Cl2N3O4/c1-2-9-25-22(30)14-10-21(29)27(12-14)16-4-6-17(7-5-16)31-13-20(28)26-19-8-3-15(23)11-18(19)24/h2-8,11,14H,1,9-10,12-13H2,(H,25,30)(H,26,28)/t14-/m0/s1. The lowest BCUT2D eigenvalue weighted by Gasteiger charge is -2.17. The van der Waals surface area contributed by atoms with Crippen LogP contribution in [0, 0.1) is 5.92 Å². The zero-order valence-corrected chi connectivity index (χ0v) is 18.1. The smallest absolute Gasteiger partial charge is 0.262 e. The van der Waals surface area contributed by atoms with Gasteiger partial charge in [-0.05, 0) is 42.5 Å². The largest absolute Gasteiger partial charge is 0.484 e. The molecule has 31 heavy (non-hydrogen) atoms. The molecule has 2 aromatic rings. The number of rotatable bonds is 8. The van der Waals surface area contributed by atoms with Crippen molar-refractivity contribution < 1.29 is 19.1 Å². The fraction of sp³-hybridized carbons (Fsp3) is 0.227. The van der Waals surface area contributed by atoms with Crippen molar-refractivity contribution in [2.45, 2.75) is 6.42 Å². The predicted molar refractivity (Wildman–Crippen MR) is 121 cm³/mol. The lowest BCUT2D eigenvalue weighted by molar-refractivity contribution is -0.126. The normalized spacial score (nSPS) is 15.5. The number of nitrogens with zero attached hydrogens (tertiary/aromatic N) is 1. The van der Waals surface area contributed by atoms with Crippen LogP contribution < -0.4 is 20.3 Å². The summed E-state index contributed by atoms with van der Waals surface area (Å²) in [5, 5.41) is 6.17. The molecule has 1 aliphatic heterocycles. The molecule has 1 fully saturated rings. The average molecular weight is 462 g/mol. The molecule has 1 saturated heterocycles. The minimum absolute atomic E-state index is 0.119. The highest BCUT2D eigenvalue weighted by atomic mass is 35.5. The van der Waals surface area contributed by atoms with Crippen molar-refractivity contribution >= 4 is 52.3 Å². The molecule has 0 aliphatic carbocycles. The van der Waals surface area contributed by atoms with E-state index in [9.17, 15) is 14.4 Å². The van der Waals surface area contributed by atoms with Gasteiger partial charge in [-0.3, -0.25) is 14.4 Å². The molecule has 0 unspecified atom stereocenters. The Morgan fingerprint density at radius 1 is 1.19 bits per heavy atom. The lowest BCUT2D eigenvalue weighted by Crippen LogP contribution is -2.32. The third kappa shape index (κ3) is 5.99. The van der Waals surface area contributed by atoms with Gasteiger partial charge in [0.2, 0.25) is 11.8 Å². The average Bonchev–Trinajstić information content (AvgIpc) is 3.14. The molecule has 0 radical (unpaired) electrons. The predicted octanol–water partition coefficient (Wildman–Crippen LogP) is 3.67. The molecule has 0 aromatic heterocycles. The molecule has 7 nitrogen and oxygen atoms in total. The van der Waals surface area contributed by atoms with Gasteiger partial charge in [-0.15, -0.1) is 6.58 Å². The number of hydrogen-bond donors (Lipinski definition) is 2. The van der Waals surface area contributed by atoms with Crippen LogP contribution in [0.25, 0.3) is 0 Å². The Kier molecular flexibility index (Phi) is 7.55. The van der Waals surface area contributed by atoms with Gasteiger partial charge in [-0.2, -0.15) is 0 Å². The second-order valence-corrected chi connectivity index (χ2v) is 7.74. The number of carbonyl (C=O) groups excluding carboxylic acids is 3. The van der Waals surface area contributed by atoms with Crippen LogP contribution in [0.4, 0.5) is 11.4 Å². The van der Waals surface area contributed by atoms with Crippen molar-refractivity contribution in [3.05, 3.63) is 65.2 Å². The molecule has 1 atom stereocenters. The van der Waals surface area contributed by atoms with Gasteiger partial charge in [0, 0.05) is 30.2 Å². The topological polar surface area (TPSA) is 87.7 Å². The maximum atomic E-state index is 12.3. The highest BCUT2D eigenvalue weighted by molar-refractivity contribution is 6.36. The molecule has 9 heteroatoms. The maximum absolute atomic E-state index is 12.3. The van der Waals surface area contributed by atoms with Gasteiger partial charge in [0.25, 0.3) is 5.91 Å². The zero-order valence-electron chi connectivity index (χ0n) is 16.6. The Labute approximate surface area is 190 Å². The Balaban J connectivity index is 1.53. The number of amides is 3. The number of hydrogen-bond acceptors (Lipinski definition) is 4. The second-order valence-electron chi connectivity index (χ2n) is 6.89. The summed E-state index contributed by atoms with van der Waals surface area (Å²) in [7, 11) is 0. The van der Waals surface area contributed by atoms with E-state index in [4.69, 9.17) is 27.9 Å². The first-order valence-electron chi connectivity index (χ1n) is 9.54. The van der Waals surface area contributed by atoms with Crippen molar-refractivity contribution in [1.82, 2.24) is 5.32 Å². The van der Waals surface area contributed by atoms with Gasteiger partial charge >= 0.3 is 0 Å². The van der Waals surface area contributed by atoms with E-state index in [1.54, 1.807) is 47.4 Å². The van der Waals surface area contributed by atoms with Crippen molar-refractivity contribution in [2.75, 3.05) is 29.9 Å². The fourth-order valence-electron chi connectivity index (χ4n) is 3.10. The first-order valence-corrected chi connectivity index (χ1v) is 10.3. The van der Waals surface area contributed by atoms with Crippen LogP contribution in [-0.2, 0) is 14.4 Å². The van der Waals surface area contributed by atoms with E-state index >= 15 is 0 Å². The molecule has 1 heterocycles. The van der Waals surface area contributed by atoms with Gasteiger partial charge in [-0.25, -0.2) is 0 Å². The minimum Gasteiger partial charge on any atom is -0.484 e. The number of benzene rings is 2. The van der Waals surface area contributed by atoms with E-state index < -0.39 is 5.92 Å². The van der Waals surface area contributed by atoms with Gasteiger partial charge in [0.05, 0.1) is 16.6 Å². The van der Waals surface area contributed by atoms with Gasteiger partial charge in [0.15, 0.2) is 6.61 Å². The highest BCUT2D eigenvalue weighted by Crippen LogP contribution is 2.27. The first-order chi connectivity index (χ1) is 14.9. The van der Waals surface area contributed by atoms with Crippen LogP contribution in [0.5, 0.6) is 5.75 Å². The SMILES string of the molecule is C=CCNC(=O)[C@H]1CC(=O)N(c2ccc(OCC(=O)Nc3ccc(Cl)cc3Cl)cc2)C1. The molecule has 162 valence electrons. The van der Waals surface area contributed by atoms with Crippen molar-refractivity contribution in [3.8, 4) is 5.75 Å². The van der Waals surface area contributed by atoms with Crippen LogP contribution >= 0.6 is 23.2 Å². The summed E-state index contributed by atoms with van der Waals surface area (Å²) in [6.07, 6.45) is 1.75. The quantitative estimate of drug-likeness (QED) is 0.587. The second kappa shape index (κ2) is 10.3. The van der Waals surface area contributed by atoms with Crippen molar-refractivity contribution in [3.63, 3.8) is 0 Å². The summed E-state index contributed by atoms with van der Waals surface area (Å²) in [6.45, 7) is 4.02. The Morgan fingerprint density at radius 2 is 1.94 bits per heavy atom. The zero-order chi connectivity index (χ0) is 22.4. The molecular weight excluding hydrogens is 441 g/mol. The molecule has 0 spiro atoms. The molecular formula is C22H21Cl2N3O4. The third-order valence-electron chi connectivity index (χ3n) is 4.64. The Morgan fingerprint density at radius 3 is 2.61 bits per heavy atom. The summed E-state index contributed by atoms with van der Waals surface area (Å²) in [4.78, 5) is 38.1. The molecule has 3 rings (SSSR count). The molecule has 1 aliphatic rings. The fourth-order valence-corrected chi connectivity index (χ4v) is 3.55. The maximum Gasteiger partial charge on any atom is 0.262 e. The monoisotopic (exact) mass is 461 g/mol. The van der Waals surface area contributed by atoms with Crippen LogP contribution in [0.15, 0.2) is 55.1 Å². The van der Waals surface area contributed by atoms with E-state index in [0.29, 0.717) is 40.3 Å². The van der Waals surface area contributed by atoms with E-state index in [2.05, 4.69) is 17.2 Å². The number of nitrogens with one attached hydrogen (secondary N) is 2. The van der Waals surface area contributed by atoms with E-state index in [1.807, 2.05) is 0 Å². The van der Waals surface area contributed by atoms with E-state index in [-0.39, 0.29) is 30.7 Å². The van der Waals surface area contributed by atoms with Gasteiger partial charge in [0.1, 0.15) is 5.75 Å². The lowest BCUT2D eigenvalue weighted by atomic mass is 10.1. The molecule has 3 amide bonds. The summed E-state index contributed by atoms with van der Waals surface area (Å²) in [6, 6.07) is 11.5. The summed E-state index contributed by atoms with van der Waals surface area (Å²) >= 11 is 11.9. The molecule has 0 bridgehead atoms. The summed E-state index contributed by atoms with van der Waals surface area (Å²) < 4.78 is 5.49. The number of carbonyl (C=O) groups is 3. The summed E-state index contributed by atoms with van der Waals surface area (Å²) in [5.74, 6) is -0.592. The van der Waals surface area contributed by atoms with Crippen LogP contribution in [0.1, 0.15) is 6.42 Å². The van der Waals surface area contributed by atoms with Crippen LogP contribution in [0.2, 0.25) is 10.0 Å². The number of ether oxygens (including phenoxy) is 1. The van der Waals surface area contributed by atoms with Crippen molar-refractivity contribution in [2.24, 2.45) is 5.92 Å². The van der Waals surface area contributed by atoms with Gasteiger partial charge < -0.3 is 20.3 Å². The molecule has 0 saturated carbocycles. The Bertz CT molecular complexity index is 995. The number of halogens is 2. The van der Waals surface area contributed by atoms with E-state index in [1.165, 1.54) is 6.07 Å². The molecule has 2 N–H and O–H groups in total. The minimum atomic E-state index is -0.397. The summed E-state index contributed by atoms with van der Waals surface area (Å²) in [5.41, 5.74) is 1.10. The van der Waals surface area contributed by atoms with Crippen LogP contribution in [0.3, 0.4) is 0 Å². The Hall–Kier alpha value is -3.03. The third-order valence-corrected chi connectivity index (χ3v) is 5.19. The first kappa shape index (κ1) is 22.7. The van der Waals surface area contributed by atoms with Crippen LogP contribution in [-0.4, -0.2) is 37.4 Å². The van der Waals surface area contributed by atoms with Gasteiger partial charge in [-0.1, -0.05) is 29.3 Å². The van der Waals surface area contributed by atoms with E-state index in [0.717, 1.165) is 0 Å². The van der Waals surface area contributed by atoms with Crippen molar-refractivity contribution in [1.29, 1.82) is 0 Å². The highest BCUT2D eigenvalue weighted by Gasteiger charge is 2.34. The number of anilines is 2. The molecule has 2 aromatic carbocycles.